The Hall–Kier alpha value is -1.68. The lowest BCUT2D eigenvalue weighted by Gasteiger charge is -2.22. The Morgan fingerprint density at radius 2 is 0.955 bits per heavy atom. The Morgan fingerprint density at radius 1 is 0.727 bits per heavy atom. The zero-order valence-corrected chi connectivity index (χ0v) is 14.2. The maximum atomic E-state index is 11.2. The topological polar surface area (TPSA) is 143 Å². The van der Waals surface area contributed by atoms with E-state index in [0.29, 0.717) is 0 Å². The molecule has 0 bridgehead atoms. The van der Waals surface area contributed by atoms with Crippen molar-refractivity contribution in [3.05, 3.63) is 0 Å². The Morgan fingerprint density at radius 3 is 1.09 bits per heavy atom. The van der Waals surface area contributed by atoms with Gasteiger partial charge >= 0.3 is 11.9 Å². The summed E-state index contributed by atoms with van der Waals surface area (Å²) in [6.07, 6.45) is -0.787. The van der Waals surface area contributed by atoms with Crippen molar-refractivity contribution in [2.45, 2.75) is 40.5 Å². The zero-order chi connectivity index (χ0) is 17.9. The van der Waals surface area contributed by atoms with Crippen LogP contribution >= 0.6 is 0 Å². The van der Waals surface area contributed by atoms with Crippen molar-refractivity contribution in [2.24, 2.45) is 10.8 Å². The fraction of sp³-hybridized carbons (Fsp3) is 0.667. The summed E-state index contributed by atoms with van der Waals surface area (Å²) in [6, 6.07) is 0. The molecule has 0 heterocycles. The molecule has 2 N–H and O–H groups in total. The van der Waals surface area contributed by atoms with Crippen LogP contribution in [-0.2, 0) is 30.2 Å². The second-order valence-electron chi connectivity index (χ2n) is 5.68. The molecule has 0 aromatic carbocycles. The van der Waals surface area contributed by atoms with Gasteiger partial charge < -0.3 is 10.2 Å². The van der Waals surface area contributed by atoms with E-state index in [1.807, 2.05) is 0 Å². The van der Waals surface area contributed by atoms with E-state index >= 15 is 0 Å². The van der Waals surface area contributed by atoms with E-state index in [-0.39, 0.29) is 0 Å². The third-order valence-corrected chi connectivity index (χ3v) is 5.68. The summed E-state index contributed by atoms with van der Waals surface area (Å²) in [5, 5.41) is 18.1. The Labute approximate surface area is 130 Å². The molecule has 0 radical (unpaired) electrons. The van der Waals surface area contributed by atoms with Crippen molar-refractivity contribution in [1.29, 1.82) is 0 Å². The number of carboxylic acids is 2. The van der Waals surface area contributed by atoms with Gasteiger partial charge in [-0.2, -0.15) is 16.8 Å². The standard InChI is InChI=1S/C12H18O8S2/c1-11(2,9(13)14)7(21(17)18)5-6-8(22(19)20)12(3,4)10(15)16/h5-6H2,1-4H3,(H,13,14)(H,15,16). The van der Waals surface area contributed by atoms with Gasteiger partial charge in [-0.15, -0.1) is 0 Å². The predicted octanol–water partition coefficient (Wildman–Crippen LogP) is 0.0912. The van der Waals surface area contributed by atoms with Gasteiger partial charge in [-0.25, -0.2) is 0 Å². The van der Waals surface area contributed by atoms with Crippen LogP contribution in [0.2, 0.25) is 0 Å². The van der Waals surface area contributed by atoms with Gasteiger partial charge in [0.05, 0.1) is 20.6 Å². The van der Waals surface area contributed by atoms with Crippen LogP contribution in [0.4, 0.5) is 0 Å². The number of carboxylic acid groups (broad SMARTS) is 2. The summed E-state index contributed by atoms with van der Waals surface area (Å²) in [7, 11) is -5.67. The van der Waals surface area contributed by atoms with Crippen LogP contribution in [0, 0.1) is 10.8 Å². The Kier molecular flexibility index (Phi) is 6.51. The quantitative estimate of drug-likeness (QED) is 0.612. The molecule has 0 aliphatic rings. The van der Waals surface area contributed by atoms with Crippen molar-refractivity contribution in [2.75, 3.05) is 0 Å². The first-order valence-corrected chi connectivity index (χ1v) is 8.29. The zero-order valence-electron chi connectivity index (χ0n) is 12.6. The van der Waals surface area contributed by atoms with E-state index in [4.69, 9.17) is 10.2 Å². The van der Waals surface area contributed by atoms with Crippen molar-refractivity contribution in [3.8, 4) is 0 Å². The molecule has 8 nitrogen and oxygen atoms in total. The SMILES string of the molecule is CC(C)(C(=O)O)C(CCC(=S(=O)=O)C(C)(C)C(=O)O)=S(=O)=O. The molecule has 0 aliphatic heterocycles. The number of hydrogen-bond donors (Lipinski definition) is 2. The molecule has 0 unspecified atom stereocenters. The fourth-order valence-corrected chi connectivity index (χ4v) is 3.22. The highest BCUT2D eigenvalue weighted by molar-refractivity contribution is 7.73. The van der Waals surface area contributed by atoms with Crippen molar-refractivity contribution >= 4 is 42.3 Å². The number of carbonyl (C=O) groups is 2. The van der Waals surface area contributed by atoms with Crippen molar-refractivity contribution in [1.82, 2.24) is 0 Å². The van der Waals surface area contributed by atoms with Gasteiger partial charge in [-0.3, -0.25) is 9.59 Å². The second kappa shape index (κ2) is 7.05. The van der Waals surface area contributed by atoms with Gasteiger partial charge in [0, 0.05) is 0 Å². The molecule has 0 atom stereocenters. The number of aliphatic carboxylic acids is 2. The fourth-order valence-electron chi connectivity index (χ4n) is 1.67. The highest BCUT2D eigenvalue weighted by Crippen LogP contribution is 2.25. The average molecular weight is 354 g/mol. The maximum absolute atomic E-state index is 11.2. The number of rotatable bonds is 7. The summed E-state index contributed by atoms with van der Waals surface area (Å²) in [5.41, 5.74) is -3.43. The average Bonchev–Trinajstić information content (AvgIpc) is 2.32. The van der Waals surface area contributed by atoms with E-state index in [1.165, 1.54) is 27.7 Å². The lowest BCUT2D eigenvalue weighted by molar-refractivity contribution is -0.144. The van der Waals surface area contributed by atoms with Gasteiger partial charge in [-0.05, 0) is 40.5 Å². The van der Waals surface area contributed by atoms with Crippen LogP contribution in [0.3, 0.4) is 0 Å². The van der Waals surface area contributed by atoms with Crippen molar-refractivity contribution < 1.29 is 36.6 Å². The summed E-state index contributed by atoms with van der Waals surface area (Å²) in [5.74, 6) is -2.76. The third kappa shape index (κ3) is 4.41. The highest BCUT2D eigenvalue weighted by Gasteiger charge is 2.38. The molecule has 0 spiro atoms. The van der Waals surface area contributed by atoms with E-state index in [1.54, 1.807) is 0 Å². The third-order valence-electron chi connectivity index (χ3n) is 3.45. The maximum Gasteiger partial charge on any atom is 0.314 e. The minimum atomic E-state index is -2.84. The minimum Gasteiger partial charge on any atom is -0.481 e. The first-order chi connectivity index (χ1) is 9.76. The van der Waals surface area contributed by atoms with Crippen LogP contribution in [0.1, 0.15) is 40.5 Å². The molecular weight excluding hydrogens is 336 g/mol. The molecule has 0 aliphatic carbocycles. The van der Waals surface area contributed by atoms with Crippen LogP contribution in [0.5, 0.6) is 0 Å². The van der Waals surface area contributed by atoms with E-state index in [9.17, 15) is 26.4 Å². The summed E-state index contributed by atoms with van der Waals surface area (Å²) in [4.78, 5) is 21.5. The molecule has 22 heavy (non-hydrogen) atoms. The summed E-state index contributed by atoms with van der Waals surface area (Å²) < 4.78 is 44.9. The van der Waals surface area contributed by atoms with Gasteiger partial charge in [-0.1, -0.05) is 0 Å². The first-order valence-electron chi connectivity index (χ1n) is 6.14. The lowest BCUT2D eigenvalue weighted by atomic mass is 9.83. The molecule has 0 saturated carbocycles. The van der Waals surface area contributed by atoms with E-state index in [2.05, 4.69) is 0 Å². The second-order valence-corrected chi connectivity index (χ2v) is 7.60. The van der Waals surface area contributed by atoms with Gasteiger partial charge in [0.15, 0.2) is 0 Å². The molecule has 126 valence electrons. The molecule has 0 aromatic heterocycles. The molecule has 0 rings (SSSR count). The van der Waals surface area contributed by atoms with Crippen LogP contribution in [-0.4, -0.2) is 48.7 Å². The largest absolute Gasteiger partial charge is 0.481 e. The molecular formula is C12H18O8S2. The van der Waals surface area contributed by atoms with Crippen LogP contribution < -0.4 is 0 Å². The molecule has 0 aromatic rings. The van der Waals surface area contributed by atoms with E-state index in [0.717, 1.165) is 0 Å². The van der Waals surface area contributed by atoms with Crippen LogP contribution in [0.25, 0.3) is 0 Å². The Bertz CT molecular complexity index is 669. The summed E-state index contributed by atoms with van der Waals surface area (Å²) >= 11 is 0. The molecule has 0 amide bonds. The number of hydrogen-bond acceptors (Lipinski definition) is 6. The van der Waals surface area contributed by atoms with Gasteiger partial charge in [0.25, 0.3) is 0 Å². The molecule has 10 heteroatoms. The van der Waals surface area contributed by atoms with Gasteiger partial charge in [0.2, 0.25) is 20.6 Å². The lowest BCUT2D eigenvalue weighted by Crippen LogP contribution is -2.37. The minimum absolute atomic E-state index is 0.393. The summed E-state index contributed by atoms with van der Waals surface area (Å²) in [6.45, 7) is 4.71. The smallest absolute Gasteiger partial charge is 0.314 e. The normalized spacial score (nSPS) is 11.6. The van der Waals surface area contributed by atoms with Gasteiger partial charge in [0.1, 0.15) is 0 Å². The predicted molar refractivity (Wildman–Crippen MR) is 79.9 cm³/mol. The van der Waals surface area contributed by atoms with Crippen molar-refractivity contribution in [3.63, 3.8) is 0 Å². The first kappa shape index (κ1) is 20.3. The van der Waals surface area contributed by atoms with E-state index < -0.39 is 65.9 Å². The van der Waals surface area contributed by atoms with Crippen LogP contribution in [0.15, 0.2) is 0 Å². The highest BCUT2D eigenvalue weighted by atomic mass is 32.2. The monoisotopic (exact) mass is 354 g/mol. The Balaban J connectivity index is 5.79. The molecule has 0 saturated heterocycles. The molecule has 0 fully saturated rings.